The molecule has 0 saturated heterocycles. The highest BCUT2D eigenvalue weighted by Gasteiger charge is 2.13. The van der Waals surface area contributed by atoms with Crippen molar-refractivity contribution < 1.29 is 4.39 Å². The van der Waals surface area contributed by atoms with Crippen LogP contribution in [0.2, 0.25) is 0 Å². The molecule has 1 atom stereocenters. The van der Waals surface area contributed by atoms with E-state index in [2.05, 4.69) is 36.6 Å². The smallest absolute Gasteiger partial charge is 0.171 e. The Morgan fingerprint density at radius 2 is 1.81 bits per heavy atom. The molecule has 0 heterocycles. The van der Waals surface area contributed by atoms with Gasteiger partial charge in [0, 0.05) is 0 Å². The number of nitrogens with one attached hydrogen (secondary N) is 2. The average molecular weight is 302 g/mol. The molecule has 0 amide bonds. The van der Waals surface area contributed by atoms with Gasteiger partial charge in [-0.1, -0.05) is 43.3 Å². The number of anilines is 1. The van der Waals surface area contributed by atoms with Gasteiger partial charge in [-0.15, -0.1) is 0 Å². The summed E-state index contributed by atoms with van der Waals surface area (Å²) in [7, 11) is 0. The monoisotopic (exact) mass is 302 g/mol. The van der Waals surface area contributed by atoms with E-state index in [1.165, 1.54) is 17.2 Å². The van der Waals surface area contributed by atoms with E-state index < -0.39 is 0 Å². The van der Waals surface area contributed by atoms with Gasteiger partial charge in [-0.3, -0.25) is 0 Å². The molecule has 2 aromatic rings. The molecule has 0 spiro atoms. The third-order valence-electron chi connectivity index (χ3n) is 3.40. The highest BCUT2D eigenvalue weighted by atomic mass is 32.1. The summed E-state index contributed by atoms with van der Waals surface area (Å²) in [4.78, 5) is 0. The fraction of sp³-hybridized carbons (Fsp3) is 0.235. The minimum Gasteiger partial charge on any atom is -0.356 e. The predicted octanol–water partition coefficient (Wildman–Crippen LogP) is 4.57. The second-order valence-electron chi connectivity index (χ2n) is 4.90. The van der Waals surface area contributed by atoms with Crippen LogP contribution >= 0.6 is 12.2 Å². The second kappa shape index (κ2) is 7.18. The largest absolute Gasteiger partial charge is 0.356 e. The Hall–Kier alpha value is -1.94. The zero-order chi connectivity index (χ0) is 15.2. The number of halogens is 1. The maximum absolute atomic E-state index is 13.6. The highest BCUT2D eigenvalue weighted by molar-refractivity contribution is 7.80. The van der Waals surface area contributed by atoms with Crippen molar-refractivity contribution in [1.82, 2.24) is 5.32 Å². The lowest BCUT2D eigenvalue weighted by Crippen LogP contribution is -2.32. The van der Waals surface area contributed by atoms with Gasteiger partial charge in [0.2, 0.25) is 0 Å². The van der Waals surface area contributed by atoms with Crippen LogP contribution < -0.4 is 10.6 Å². The maximum atomic E-state index is 13.6. The summed E-state index contributed by atoms with van der Waals surface area (Å²) in [5.41, 5.74) is 2.80. The summed E-state index contributed by atoms with van der Waals surface area (Å²) in [6, 6.07) is 14.8. The molecule has 0 aliphatic rings. The molecule has 0 aromatic heterocycles. The van der Waals surface area contributed by atoms with E-state index in [4.69, 9.17) is 12.2 Å². The number of benzene rings is 2. The van der Waals surface area contributed by atoms with Crippen molar-refractivity contribution in [3.05, 3.63) is 65.5 Å². The first-order chi connectivity index (χ1) is 10.1. The van der Waals surface area contributed by atoms with Crippen molar-refractivity contribution in [2.75, 3.05) is 5.32 Å². The topological polar surface area (TPSA) is 24.1 Å². The first-order valence-electron chi connectivity index (χ1n) is 6.99. The van der Waals surface area contributed by atoms with E-state index in [0.717, 1.165) is 6.42 Å². The fourth-order valence-electron chi connectivity index (χ4n) is 2.26. The summed E-state index contributed by atoms with van der Waals surface area (Å²) in [5.74, 6) is -0.314. The number of aryl methyl sites for hydroxylation is 1. The molecule has 21 heavy (non-hydrogen) atoms. The van der Waals surface area contributed by atoms with Gasteiger partial charge in [0.15, 0.2) is 5.11 Å². The quantitative estimate of drug-likeness (QED) is 0.809. The number of thiocarbonyl (C=S) groups is 1. The van der Waals surface area contributed by atoms with E-state index >= 15 is 0 Å². The normalized spacial score (nSPS) is 11.8. The van der Waals surface area contributed by atoms with E-state index in [0.29, 0.717) is 10.8 Å². The molecule has 110 valence electrons. The van der Waals surface area contributed by atoms with Crippen LogP contribution in [-0.4, -0.2) is 5.11 Å². The molecule has 0 aliphatic heterocycles. The lowest BCUT2D eigenvalue weighted by atomic mass is 10.00. The van der Waals surface area contributed by atoms with Gasteiger partial charge >= 0.3 is 0 Å². The number of hydrogen-bond acceptors (Lipinski definition) is 1. The molecule has 2 rings (SSSR count). The third kappa shape index (κ3) is 4.02. The molecule has 0 aliphatic carbocycles. The molecule has 2 aromatic carbocycles. The molecule has 4 heteroatoms. The molecule has 0 radical (unpaired) electrons. The van der Waals surface area contributed by atoms with E-state index in [1.807, 2.05) is 12.1 Å². The van der Waals surface area contributed by atoms with Gasteiger partial charge < -0.3 is 10.6 Å². The minimum absolute atomic E-state index is 0.109. The number of para-hydroxylation sites is 1. The van der Waals surface area contributed by atoms with Gasteiger partial charge in [-0.2, -0.15) is 0 Å². The summed E-state index contributed by atoms with van der Waals surface area (Å²) < 4.78 is 13.6. The zero-order valence-electron chi connectivity index (χ0n) is 12.2. The first kappa shape index (κ1) is 15.4. The van der Waals surface area contributed by atoms with Crippen LogP contribution in [0, 0.1) is 12.7 Å². The average Bonchev–Trinajstić information content (AvgIpc) is 2.48. The maximum Gasteiger partial charge on any atom is 0.171 e. The number of hydrogen-bond donors (Lipinski definition) is 2. The summed E-state index contributed by atoms with van der Waals surface area (Å²) in [6.07, 6.45) is 0.893. The van der Waals surface area contributed by atoms with Gasteiger partial charge in [0.05, 0.1) is 11.7 Å². The molecular formula is C17H19FN2S. The van der Waals surface area contributed by atoms with Crippen LogP contribution in [0.3, 0.4) is 0 Å². The molecule has 0 saturated carbocycles. The van der Waals surface area contributed by atoms with Crippen LogP contribution in [0.1, 0.15) is 30.5 Å². The van der Waals surface area contributed by atoms with Crippen LogP contribution in [0.25, 0.3) is 0 Å². The second-order valence-corrected chi connectivity index (χ2v) is 5.30. The van der Waals surface area contributed by atoms with Gasteiger partial charge in [-0.05, 0) is 48.8 Å². The predicted molar refractivity (Wildman–Crippen MR) is 90.0 cm³/mol. The summed E-state index contributed by atoms with van der Waals surface area (Å²) in [6.45, 7) is 4.17. The highest BCUT2D eigenvalue weighted by Crippen LogP contribution is 2.20. The molecule has 2 nitrogen and oxygen atoms in total. The van der Waals surface area contributed by atoms with Crippen LogP contribution in [-0.2, 0) is 0 Å². The Balaban J connectivity index is 2.07. The molecular weight excluding hydrogens is 283 g/mol. The van der Waals surface area contributed by atoms with Gasteiger partial charge in [0.1, 0.15) is 5.82 Å². The first-order valence-corrected chi connectivity index (χ1v) is 7.40. The van der Waals surface area contributed by atoms with Crippen molar-refractivity contribution >= 4 is 23.0 Å². The fourth-order valence-corrected chi connectivity index (χ4v) is 2.51. The Bertz CT molecular complexity index is 628. The van der Waals surface area contributed by atoms with Crippen LogP contribution in [0.4, 0.5) is 10.1 Å². The Kier molecular flexibility index (Phi) is 5.28. The van der Waals surface area contributed by atoms with Crippen molar-refractivity contribution in [3.8, 4) is 0 Å². The Labute approximate surface area is 130 Å². The SMILES string of the molecule is CCC(NC(=S)Nc1ccccc1F)c1ccccc1C. The Morgan fingerprint density at radius 3 is 2.48 bits per heavy atom. The van der Waals surface area contributed by atoms with Gasteiger partial charge in [0.25, 0.3) is 0 Å². The van der Waals surface area contributed by atoms with Crippen LogP contribution in [0.15, 0.2) is 48.5 Å². The van der Waals surface area contributed by atoms with Crippen molar-refractivity contribution in [2.45, 2.75) is 26.3 Å². The van der Waals surface area contributed by atoms with Gasteiger partial charge in [-0.25, -0.2) is 4.39 Å². The van der Waals surface area contributed by atoms with Crippen LogP contribution in [0.5, 0.6) is 0 Å². The van der Waals surface area contributed by atoms with E-state index in [-0.39, 0.29) is 11.9 Å². The van der Waals surface area contributed by atoms with Crippen molar-refractivity contribution in [3.63, 3.8) is 0 Å². The lowest BCUT2D eigenvalue weighted by Gasteiger charge is -2.21. The third-order valence-corrected chi connectivity index (χ3v) is 3.62. The minimum atomic E-state index is -0.314. The van der Waals surface area contributed by atoms with Crippen molar-refractivity contribution in [1.29, 1.82) is 0 Å². The van der Waals surface area contributed by atoms with E-state index in [1.54, 1.807) is 18.2 Å². The molecule has 1 unspecified atom stereocenters. The summed E-state index contributed by atoms with van der Waals surface area (Å²) in [5, 5.41) is 6.59. The van der Waals surface area contributed by atoms with Crippen molar-refractivity contribution in [2.24, 2.45) is 0 Å². The molecule has 2 N–H and O–H groups in total. The lowest BCUT2D eigenvalue weighted by molar-refractivity contribution is 0.621. The molecule has 0 bridgehead atoms. The standard InChI is InChI=1S/C17H19FN2S/c1-3-15(13-9-5-4-8-12(13)2)19-17(21)20-16-11-7-6-10-14(16)18/h4-11,15H,3H2,1-2H3,(H2,19,20,21). The molecule has 0 fully saturated rings. The summed E-state index contributed by atoms with van der Waals surface area (Å²) >= 11 is 5.29. The number of rotatable bonds is 4. The van der Waals surface area contributed by atoms with E-state index in [9.17, 15) is 4.39 Å². The Morgan fingerprint density at radius 1 is 1.14 bits per heavy atom. The zero-order valence-corrected chi connectivity index (χ0v) is 13.0.